The van der Waals surface area contributed by atoms with Crippen molar-refractivity contribution in [1.29, 1.82) is 0 Å². The first-order chi connectivity index (χ1) is 7.24. The van der Waals surface area contributed by atoms with E-state index in [-0.39, 0.29) is 18.3 Å². The Hall–Kier alpha value is -0.890. The minimum absolute atomic E-state index is 0.0211. The molecule has 1 aromatic carbocycles. The Bertz CT molecular complexity index is 294. The highest BCUT2D eigenvalue weighted by molar-refractivity contribution is 5.22. The first-order valence-electron chi connectivity index (χ1n) is 5.59. The fourth-order valence-electron chi connectivity index (χ4n) is 2.13. The molecule has 0 spiro atoms. The number of aliphatic hydroxyl groups excluding tert-OH is 1. The molecule has 0 bridgehead atoms. The summed E-state index contributed by atoms with van der Waals surface area (Å²) in [5.41, 5.74) is 0.647. The molecule has 1 aromatic rings. The van der Waals surface area contributed by atoms with Crippen molar-refractivity contribution in [3.8, 4) is 0 Å². The van der Waals surface area contributed by atoms with E-state index in [1.165, 1.54) is 6.07 Å². The number of benzene rings is 1. The van der Waals surface area contributed by atoms with Crippen molar-refractivity contribution >= 4 is 0 Å². The maximum atomic E-state index is 13.5. The van der Waals surface area contributed by atoms with Gasteiger partial charge in [0.05, 0.1) is 6.61 Å². The molecule has 1 unspecified atom stereocenters. The van der Waals surface area contributed by atoms with Crippen molar-refractivity contribution < 1.29 is 9.50 Å². The van der Waals surface area contributed by atoms with Crippen LogP contribution in [0.5, 0.6) is 0 Å². The van der Waals surface area contributed by atoms with Crippen molar-refractivity contribution in [2.75, 3.05) is 6.61 Å². The lowest BCUT2D eigenvalue weighted by atomic mass is 9.83. The topological polar surface area (TPSA) is 20.2 Å². The van der Waals surface area contributed by atoms with Gasteiger partial charge in [-0.2, -0.15) is 0 Å². The zero-order valence-corrected chi connectivity index (χ0v) is 9.41. The molecule has 0 aromatic heterocycles. The van der Waals surface area contributed by atoms with E-state index in [4.69, 9.17) is 0 Å². The minimum atomic E-state index is -0.205. The van der Waals surface area contributed by atoms with Gasteiger partial charge in [-0.25, -0.2) is 4.39 Å². The van der Waals surface area contributed by atoms with Crippen LogP contribution in [0.4, 0.5) is 4.39 Å². The minimum Gasteiger partial charge on any atom is -0.396 e. The molecule has 0 amide bonds. The van der Waals surface area contributed by atoms with Gasteiger partial charge in [-0.1, -0.05) is 44.9 Å². The third kappa shape index (κ3) is 2.78. The molecule has 0 aliphatic heterocycles. The molecule has 1 N–H and O–H groups in total. The van der Waals surface area contributed by atoms with Crippen LogP contribution in [0, 0.1) is 11.7 Å². The number of hydrogen-bond acceptors (Lipinski definition) is 1. The highest BCUT2D eigenvalue weighted by Crippen LogP contribution is 2.30. The Morgan fingerprint density at radius 1 is 1.20 bits per heavy atom. The average Bonchev–Trinajstić information content (AvgIpc) is 2.27. The Balaban J connectivity index is 2.96. The summed E-state index contributed by atoms with van der Waals surface area (Å²) >= 11 is 0. The second-order valence-electron chi connectivity index (χ2n) is 3.89. The van der Waals surface area contributed by atoms with E-state index in [9.17, 15) is 9.50 Å². The van der Waals surface area contributed by atoms with Crippen LogP contribution in [0.3, 0.4) is 0 Å². The molecule has 2 heteroatoms. The summed E-state index contributed by atoms with van der Waals surface area (Å²) < 4.78 is 13.5. The highest BCUT2D eigenvalue weighted by atomic mass is 19.1. The van der Waals surface area contributed by atoms with Gasteiger partial charge >= 0.3 is 0 Å². The molecule has 0 fully saturated rings. The maximum absolute atomic E-state index is 13.5. The molecule has 1 atom stereocenters. The van der Waals surface area contributed by atoms with Crippen LogP contribution in [0.15, 0.2) is 24.3 Å². The molecule has 15 heavy (non-hydrogen) atoms. The molecule has 0 aliphatic carbocycles. The van der Waals surface area contributed by atoms with Crippen LogP contribution in [0.1, 0.15) is 38.2 Å². The van der Waals surface area contributed by atoms with Gasteiger partial charge in [0.15, 0.2) is 0 Å². The summed E-state index contributed by atoms with van der Waals surface area (Å²) in [5, 5.41) is 9.37. The number of aliphatic hydroxyl groups is 1. The SMILES string of the molecule is CCC(CC)C(CO)c1ccccc1F. The van der Waals surface area contributed by atoms with Crippen LogP contribution >= 0.6 is 0 Å². The van der Waals surface area contributed by atoms with Crippen LogP contribution in [-0.2, 0) is 0 Å². The van der Waals surface area contributed by atoms with E-state index in [0.717, 1.165) is 12.8 Å². The van der Waals surface area contributed by atoms with E-state index >= 15 is 0 Å². The second kappa shape index (κ2) is 5.86. The first-order valence-corrected chi connectivity index (χ1v) is 5.59. The van der Waals surface area contributed by atoms with Gasteiger partial charge < -0.3 is 5.11 Å². The predicted octanol–water partition coefficient (Wildman–Crippen LogP) is 3.34. The number of hydrogen-bond donors (Lipinski definition) is 1. The maximum Gasteiger partial charge on any atom is 0.126 e. The lowest BCUT2D eigenvalue weighted by Crippen LogP contribution is -2.16. The summed E-state index contributed by atoms with van der Waals surface area (Å²) in [7, 11) is 0. The number of halogens is 1. The van der Waals surface area contributed by atoms with Gasteiger partial charge in [0.25, 0.3) is 0 Å². The van der Waals surface area contributed by atoms with Crippen LogP contribution in [0.25, 0.3) is 0 Å². The second-order valence-corrected chi connectivity index (χ2v) is 3.89. The van der Waals surface area contributed by atoms with E-state index in [0.29, 0.717) is 11.5 Å². The van der Waals surface area contributed by atoms with Crippen molar-refractivity contribution in [1.82, 2.24) is 0 Å². The molecule has 0 saturated heterocycles. The summed E-state index contributed by atoms with van der Waals surface area (Å²) in [6.07, 6.45) is 1.94. The largest absolute Gasteiger partial charge is 0.396 e. The first kappa shape index (κ1) is 12.2. The summed E-state index contributed by atoms with van der Waals surface area (Å²) in [6, 6.07) is 6.73. The van der Waals surface area contributed by atoms with Crippen molar-refractivity contribution in [2.45, 2.75) is 32.6 Å². The third-order valence-electron chi connectivity index (χ3n) is 3.12. The Kier molecular flexibility index (Phi) is 4.76. The Morgan fingerprint density at radius 3 is 2.27 bits per heavy atom. The lowest BCUT2D eigenvalue weighted by Gasteiger charge is -2.24. The van der Waals surface area contributed by atoms with Crippen molar-refractivity contribution in [2.24, 2.45) is 5.92 Å². The smallest absolute Gasteiger partial charge is 0.126 e. The summed E-state index contributed by atoms with van der Waals surface area (Å²) in [5.74, 6) is 0.0801. The molecule has 0 radical (unpaired) electrons. The summed E-state index contributed by atoms with van der Waals surface area (Å²) in [4.78, 5) is 0. The van der Waals surface area contributed by atoms with E-state index < -0.39 is 0 Å². The molecule has 84 valence electrons. The summed E-state index contributed by atoms with van der Waals surface area (Å²) in [6.45, 7) is 4.18. The lowest BCUT2D eigenvalue weighted by molar-refractivity contribution is 0.215. The molecule has 0 aliphatic rings. The number of rotatable bonds is 5. The zero-order valence-electron chi connectivity index (χ0n) is 9.41. The Labute approximate surface area is 90.9 Å². The fourth-order valence-corrected chi connectivity index (χ4v) is 2.13. The predicted molar refractivity (Wildman–Crippen MR) is 60.3 cm³/mol. The van der Waals surface area contributed by atoms with Gasteiger partial charge in [-0.3, -0.25) is 0 Å². The van der Waals surface area contributed by atoms with Crippen LogP contribution in [-0.4, -0.2) is 11.7 Å². The zero-order chi connectivity index (χ0) is 11.3. The van der Waals surface area contributed by atoms with E-state index in [1.54, 1.807) is 12.1 Å². The Morgan fingerprint density at radius 2 is 1.80 bits per heavy atom. The molecule has 1 nitrogen and oxygen atoms in total. The van der Waals surface area contributed by atoms with Crippen LogP contribution < -0.4 is 0 Å². The normalized spacial score (nSPS) is 13.1. The standard InChI is InChI=1S/C13H19FO/c1-3-10(4-2)12(9-15)11-7-5-6-8-13(11)14/h5-8,10,12,15H,3-4,9H2,1-2H3. The fraction of sp³-hybridized carbons (Fsp3) is 0.538. The van der Waals surface area contributed by atoms with Gasteiger partial charge in [-0.05, 0) is 17.5 Å². The van der Waals surface area contributed by atoms with Gasteiger partial charge in [0.2, 0.25) is 0 Å². The van der Waals surface area contributed by atoms with Gasteiger partial charge in [0.1, 0.15) is 5.82 Å². The van der Waals surface area contributed by atoms with Crippen LogP contribution in [0.2, 0.25) is 0 Å². The molecular formula is C13H19FO. The van der Waals surface area contributed by atoms with Crippen molar-refractivity contribution in [3.05, 3.63) is 35.6 Å². The van der Waals surface area contributed by atoms with E-state index in [2.05, 4.69) is 13.8 Å². The quantitative estimate of drug-likeness (QED) is 0.790. The molecular weight excluding hydrogens is 191 g/mol. The van der Waals surface area contributed by atoms with Gasteiger partial charge in [0, 0.05) is 5.92 Å². The van der Waals surface area contributed by atoms with Crippen molar-refractivity contribution in [3.63, 3.8) is 0 Å². The van der Waals surface area contributed by atoms with Gasteiger partial charge in [-0.15, -0.1) is 0 Å². The highest BCUT2D eigenvalue weighted by Gasteiger charge is 2.21. The molecule has 0 saturated carbocycles. The average molecular weight is 210 g/mol. The monoisotopic (exact) mass is 210 g/mol. The molecule has 1 rings (SSSR count). The third-order valence-corrected chi connectivity index (χ3v) is 3.12. The van der Waals surface area contributed by atoms with E-state index in [1.807, 2.05) is 6.07 Å². The molecule has 0 heterocycles.